The molecule has 0 aliphatic carbocycles. The monoisotopic (exact) mass is 294 g/mol. The molecule has 112 valence electrons. The molecule has 1 amide bonds. The third kappa shape index (κ3) is 2.07. The highest BCUT2D eigenvalue weighted by molar-refractivity contribution is 6.02. The van der Waals surface area contributed by atoms with Crippen molar-refractivity contribution in [2.24, 2.45) is 5.73 Å². The lowest BCUT2D eigenvalue weighted by atomic mass is 10.1. The van der Waals surface area contributed by atoms with Gasteiger partial charge < -0.3 is 30.4 Å². The second-order valence-electron chi connectivity index (χ2n) is 4.78. The van der Waals surface area contributed by atoms with E-state index in [1.165, 1.54) is 10.9 Å². The number of hydrogen-bond acceptors (Lipinski definition) is 7. The SMILES string of the molecule is NC(=O)c1ncnc2c1ccn2[C@@H]1O[C@H](CO)[C@@H](O)[C@H]1O. The molecule has 0 saturated carbocycles. The average Bonchev–Trinajstić information content (AvgIpc) is 3.01. The second-order valence-corrected chi connectivity index (χ2v) is 4.78. The standard InChI is InChI=1S/C12H14N4O5/c13-10(20)7-5-1-2-16(11(5)15-4-14-7)12-9(19)8(18)6(3-17)21-12/h1-2,4,6,8-9,12,17-19H,3H2,(H2,13,20)/t6-,8-,9-,12-/m1/s1. The highest BCUT2D eigenvalue weighted by Gasteiger charge is 2.43. The van der Waals surface area contributed by atoms with Gasteiger partial charge in [0, 0.05) is 6.20 Å². The van der Waals surface area contributed by atoms with E-state index in [-0.39, 0.29) is 5.69 Å². The van der Waals surface area contributed by atoms with Gasteiger partial charge in [0.15, 0.2) is 6.23 Å². The summed E-state index contributed by atoms with van der Waals surface area (Å²) >= 11 is 0. The number of carbonyl (C=O) groups excluding carboxylic acids is 1. The summed E-state index contributed by atoms with van der Waals surface area (Å²) in [5, 5.41) is 29.3. The van der Waals surface area contributed by atoms with Crippen molar-refractivity contribution in [3.63, 3.8) is 0 Å². The van der Waals surface area contributed by atoms with Crippen LogP contribution in [0.4, 0.5) is 0 Å². The number of rotatable bonds is 3. The van der Waals surface area contributed by atoms with Crippen LogP contribution in [0.25, 0.3) is 11.0 Å². The zero-order valence-corrected chi connectivity index (χ0v) is 10.8. The number of carbonyl (C=O) groups is 1. The molecule has 21 heavy (non-hydrogen) atoms. The topological polar surface area (TPSA) is 144 Å². The Kier molecular flexibility index (Phi) is 3.33. The molecule has 2 aromatic rings. The number of ether oxygens (including phenoxy) is 1. The largest absolute Gasteiger partial charge is 0.394 e. The maximum Gasteiger partial charge on any atom is 0.268 e. The molecule has 4 atom stereocenters. The van der Waals surface area contributed by atoms with Crippen LogP contribution in [-0.4, -0.2) is 60.7 Å². The Morgan fingerprint density at radius 2 is 2.14 bits per heavy atom. The van der Waals surface area contributed by atoms with Gasteiger partial charge in [0.25, 0.3) is 5.91 Å². The van der Waals surface area contributed by atoms with Crippen molar-refractivity contribution in [1.29, 1.82) is 0 Å². The van der Waals surface area contributed by atoms with E-state index < -0.39 is 37.1 Å². The summed E-state index contributed by atoms with van der Waals surface area (Å²) in [7, 11) is 0. The maximum absolute atomic E-state index is 11.3. The van der Waals surface area contributed by atoms with E-state index in [0.29, 0.717) is 11.0 Å². The minimum absolute atomic E-state index is 0.0606. The molecule has 1 aliphatic heterocycles. The average molecular weight is 294 g/mol. The second kappa shape index (κ2) is 5.04. The summed E-state index contributed by atoms with van der Waals surface area (Å²) in [4.78, 5) is 19.2. The molecule has 3 rings (SSSR count). The quantitative estimate of drug-likeness (QED) is 0.519. The van der Waals surface area contributed by atoms with E-state index in [4.69, 9.17) is 15.6 Å². The van der Waals surface area contributed by atoms with Gasteiger partial charge >= 0.3 is 0 Å². The van der Waals surface area contributed by atoms with E-state index in [9.17, 15) is 15.0 Å². The predicted octanol–water partition coefficient (Wildman–Crippen LogP) is -1.86. The fraction of sp³-hybridized carbons (Fsp3) is 0.417. The molecule has 9 nitrogen and oxygen atoms in total. The first-order valence-corrected chi connectivity index (χ1v) is 6.28. The van der Waals surface area contributed by atoms with Gasteiger partial charge in [0.05, 0.1) is 12.0 Å². The van der Waals surface area contributed by atoms with Crippen molar-refractivity contribution in [3.8, 4) is 0 Å². The van der Waals surface area contributed by atoms with Gasteiger partial charge in [0.1, 0.15) is 36.0 Å². The smallest absolute Gasteiger partial charge is 0.268 e. The fourth-order valence-electron chi connectivity index (χ4n) is 2.48. The Morgan fingerprint density at radius 1 is 1.38 bits per heavy atom. The van der Waals surface area contributed by atoms with Crippen molar-refractivity contribution >= 4 is 16.9 Å². The third-order valence-electron chi connectivity index (χ3n) is 3.53. The first-order chi connectivity index (χ1) is 10.0. The number of amides is 1. The van der Waals surface area contributed by atoms with Crippen molar-refractivity contribution < 1.29 is 24.9 Å². The predicted molar refractivity (Wildman–Crippen MR) is 69.1 cm³/mol. The number of aliphatic hydroxyl groups excluding tert-OH is 3. The molecule has 0 bridgehead atoms. The van der Waals surface area contributed by atoms with Gasteiger partial charge in [-0.2, -0.15) is 0 Å². The highest BCUT2D eigenvalue weighted by Crippen LogP contribution is 2.32. The summed E-state index contributed by atoms with van der Waals surface area (Å²) in [6.45, 7) is -0.421. The van der Waals surface area contributed by atoms with E-state index in [2.05, 4.69) is 9.97 Å². The van der Waals surface area contributed by atoms with Crippen molar-refractivity contribution in [2.75, 3.05) is 6.61 Å². The Hall–Kier alpha value is -2.07. The molecular weight excluding hydrogens is 280 g/mol. The molecule has 1 fully saturated rings. The lowest BCUT2D eigenvalue weighted by molar-refractivity contribution is -0.0508. The van der Waals surface area contributed by atoms with Gasteiger partial charge in [-0.15, -0.1) is 0 Å². The van der Waals surface area contributed by atoms with Crippen LogP contribution in [0.2, 0.25) is 0 Å². The Balaban J connectivity index is 2.06. The lowest BCUT2D eigenvalue weighted by Crippen LogP contribution is -2.33. The molecule has 2 aromatic heterocycles. The minimum atomic E-state index is -1.23. The van der Waals surface area contributed by atoms with Crippen LogP contribution >= 0.6 is 0 Å². The Morgan fingerprint density at radius 3 is 2.76 bits per heavy atom. The van der Waals surface area contributed by atoms with E-state index in [1.807, 2.05) is 0 Å². The van der Waals surface area contributed by atoms with Crippen LogP contribution in [0.3, 0.4) is 0 Å². The van der Waals surface area contributed by atoms with E-state index in [0.717, 1.165) is 0 Å². The van der Waals surface area contributed by atoms with Crippen molar-refractivity contribution in [2.45, 2.75) is 24.5 Å². The number of fused-ring (bicyclic) bond motifs is 1. The van der Waals surface area contributed by atoms with Gasteiger partial charge in [-0.05, 0) is 6.07 Å². The van der Waals surface area contributed by atoms with Crippen LogP contribution in [0.15, 0.2) is 18.6 Å². The number of nitrogens with zero attached hydrogens (tertiary/aromatic N) is 3. The molecule has 0 aromatic carbocycles. The normalized spacial score (nSPS) is 29.1. The number of hydrogen-bond donors (Lipinski definition) is 4. The molecule has 0 unspecified atom stereocenters. The zero-order chi connectivity index (χ0) is 15.1. The summed E-state index contributed by atoms with van der Waals surface area (Å²) in [5.74, 6) is -0.693. The van der Waals surface area contributed by atoms with E-state index >= 15 is 0 Å². The van der Waals surface area contributed by atoms with Gasteiger partial charge in [-0.3, -0.25) is 4.79 Å². The zero-order valence-electron chi connectivity index (χ0n) is 10.8. The van der Waals surface area contributed by atoms with Crippen LogP contribution in [0.1, 0.15) is 16.7 Å². The first kappa shape index (κ1) is 13.9. The van der Waals surface area contributed by atoms with Crippen LogP contribution in [0.5, 0.6) is 0 Å². The summed E-state index contributed by atoms with van der Waals surface area (Å²) in [6.07, 6.45) is -1.53. The molecule has 0 radical (unpaired) electrons. The Bertz CT molecular complexity index is 687. The molecule has 3 heterocycles. The molecule has 5 N–H and O–H groups in total. The van der Waals surface area contributed by atoms with Crippen molar-refractivity contribution in [3.05, 3.63) is 24.3 Å². The summed E-state index contributed by atoms with van der Waals surface area (Å²) in [6, 6.07) is 1.57. The molecular formula is C12H14N4O5. The van der Waals surface area contributed by atoms with Crippen LogP contribution < -0.4 is 5.73 Å². The highest BCUT2D eigenvalue weighted by atomic mass is 16.6. The molecule has 0 spiro atoms. The summed E-state index contributed by atoms with van der Waals surface area (Å²) < 4.78 is 6.89. The Labute approximate surface area is 118 Å². The number of aromatic nitrogens is 3. The molecule has 9 heteroatoms. The molecule has 1 saturated heterocycles. The van der Waals surface area contributed by atoms with Gasteiger partial charge in [-0.1, -0.05) is 0 Å². The minimum Gasteiger partial charge on any atom is -0.394 e. The van der Waals surface area contributed by atoms with Gasteiger partial charge in [-0.25, -0.2) is 9.97 Å². The third-order valence-corrected chi connectivity index (χ3v) is 3.53. The van der Waals surface area contributed by atoms with Crippen molar-refractivity contribution in [1.82, 2.24) is 14.5 Å². The fourth-order valence-corrected chi connectivity index (χ4v) is 2.48. The van der Waals surface area contributed by atoms with Crippen LogP contribution in [-0.2, 0) is 4.74 Å². The lowest BCUT2D eigenvalue weighted by Gasteiger charge is -2.17. The molecule has 1 aliphatic rings. The van der Waals surface area contributed by atoms with E-state index in [1.54, 1.807) is 12.3 Å². The van der Waals surface area contributed by atoms with Crippen LogP contribution in [0, 0.1) is 0 Å². The number of nitrogens with two attached hydrogens (primary N) is 1. The maximum atomic E-state index is 11.3. The summed E-state index contributed by atoms with van der Waals surface area (Å²) in [5.41, 5.74) is 5.65. The first-order valence-electron chi connectivity index (χ1n) is 6.28. The number of aliphatic hydroxyl groups is 3. The number of primary amides is 1. The van der Waals surface area contributed by atoms with Gasteiger partial charge in [0.2, 0.25) is 0 Å².